The van der Waals surface area contributed by atoms with Crippen LogP contribution in [0.3, 0.4) is 0 Å². The number of fused-ring (bicyclic) bond motifs is 3. The average Bonchev–Trinajstić information content (AvgIpc) is 2.65. The number of rotatable bonds is 0. The molecule has 1 aromatic carbocycles. The standard InChI is InChI=1S/C11H13FN2/c12-9-4-1-5-10-11(9)14-6-2-3-8(14)7-13-10/h1,4-5,8,13H,2-3,6-7H2/t8-/m0/s1. The first-order valence-electron chi connectivity index (χ1n) is 5.15. The van der Waals surface area contributed by atoms with E-state index in [9.17, 15) is 4.39 Å². The quantitative estimate of drug-likeness (QED) is 0.678. The van der Waals surface area contributed by atoms with E-state index in [1.165, 1.54) is 12.8 Å². The van der Waals surface area contributed by atoms with Gasteiger partial charge in [0.1, 0.15) is 5.82 Å². The maximum absolute atomic E-state index is 13.6. The zero-order valence-electron chi connectivity index (χ0n) is 7.96. The Bertz CT molecular complexity index is 364. The molecule has 0 aliphatic carbocycles. The Morgan fingerprint density at radius 3 is 3.29 bits per heavy atom. The van der Waals surface area contributed by atoms with Gasteiger partial charge in [-0.1, -0.05) is 6.07 Å². The monoisotopic (exact) mass is 192 g/mol. The van der Waals surface area contributed by atoms with E-state index >= 15 is 0 Å². The maximum Gasteiger partial charge on any atom is 0.148 e. The van der Waals surface area contributed by atoms with Crippen LogP contribution in [0, 0.1) is 5.82 Å². The first kappa shape index (κ1) is 8.09. The molecule has 0 radical (unpaired) electrons. The van der Waals surface area contributed by atoms with Gasteiger partial charge >= 0.3 is 0 Å². The van der Waals surface area contributed by atoms with Crippen LogP contribution in [0.5, 0.6) is 0 Å². The number of anilines is 2. The lowest BCUT2D eigenvalue weighted by Crippen LogP contribution is -2.39. The van der Waals surface area contributed by atoms with Gasteiger partial charge in [0, 0.05) is 19.1 Å². The first-order chi connectivity index (χ1) is 6.86. The van der Waals surface area contributed by atoms with Gasteiger partial charge in [-0.3, -0.25) is 0 Å². The van der Waals surface area contributed by atoms with Crippen LogP contribution in [0.4, 0.5) is 15.8 Å². The van der Waals surface area contributed by atoms with Crippen molar-refractivity contribution in [2.45, 2.75) is 18.9 Å². The smallest absolute Gasteiger partial charge is 0.148 e. The summed E-state index contributed by atoms with van der Waals surface area (Å²) in [6, 6.07) is 5.76. The van der Waals surface area contributed by atoms with Gasteiger partial charge in [-0.2, -0.15) is 0 Å². The van der Waals surface area contributed by atoms with Crippen molar-refractivity contribution in [3.8, 4) is 0 Å². The number of para-hydroxylation sites is 1. The van der Waals surface area contributed by atoms with Gasteiger partial charge in [-0.05, 0) is 25.0 Å². The van der Waals surface area contributed by atoms with Crippen LogP contribution < -0.4 is 10.2 Å². The molecule has 3 heteroatoms. The molecular formula is C11H13FN2. The van der Waals surface area contributed by atoms with Crippen LogP contribution >= 0.6 is 0 Å². The lowest BCUT2D eigenvalue weighted by molar-refractivity contribution is 0.602. The lowest BCUT2D eigenvalue weighted by Gasteiger charge is -2.34. The third-order valence-electron chi connectivity index (χ3n) is 3.18. The second-order valence-corrected chi connectivity index (χ2v) is 4.01. The lowest BCUT2D eigenvalue weighted by atomic mass is 10.1. The van der Waals surface area contributed by atoms with Gasteiger partial charge in [0.05, 0.1) is 11.4 Å². The topological polar surface area (TPSA) is 15.3 Å². The molecule has 2 aliphatic rings. The van der Waals surface area contributed by atoms with E-state index in [4.69, 9.17) is 0 Å². The van der Waals surface area contributed by atoms with E-state index in [1.54, 1.807) is 12.1 Å². The van der Waals surface area contributed by atoms with Crippen molar-refractivity contribution in [1.82, 2.24) is 0 Å². The maximum atomic E-state index is 13.6. The minimum atomic E-state index is -0.0957. The molecule has 0 unspecified atom stereocenters. The average molecular weight is 192 g/mol. The Kier molecular flexibility index (Phi) is 1.66. The second kappa shape index (κ2) is 2.87. The molecule has 0 bridgehead atoms. The van der Waals surface area contributed by atoms with Crippen molar-refractivity contribution < 1.29 is 4.39 Å². The Hall–Kier alpha value is -1.25. The van der Waals surface area contributed by atoms with Crippen LogP contribution in [0.1, 0.15) is 12.8 Å². The van der Waals surface area contributed by atoms with E-state index < -0.39 is 0 Å². The fraction of sp³-hybridized carbons (Fsp3) is 0.455. The van der Waals surface area contributed by atoms with Gasteiger partial charge in [-0.25, -0.2) is 4.39 Å². The highest BCUT2D eigenvalue weighted by molar-refractivity contribution is 5.73. The summed E-state index contributed by atoms with van der Waals surface area (Å²) in [4.78, 5) is 2.21. The largest absolute Gasteiger partial charge is 0.381 e. The van der Waals surface area contributed by atoms with E-state index in [2.05, 4.69) is 10.2 Å². The van der Waals surface area contributed by atoms with Crippen molar-refractivity contribution in [2.24, 2.45) is 0 Å². The third-order valence-corrected chi connectivity index (χ3v) is 3.18. The molecule has 1 aromatic rings. The second-order valence-electron chi connectivity index (χ2n) is 4.01. The van der Waals surface area contributed by atoms with E-state index in [1.807, 2.05) is 6.07 Å². The number of benzene rings is 1. The summed E-state index contributed by atoms with van der Waals surface area (Å²) in [6.45, 7) is 1.96. The Morgan fingerprint density at radius 1 is 1.43 bits per heavy atom. The Labute approximate surface area is 82.7 Å². The number of hydrogen-bond donors (Lipinski definition) is 1. The van der Waals surface area contributed by atoms with E-state index in [-0.39, 0.29) is 5.82 Å². The SMILES string of the molecule is Fc1cccc2c1N1CCC[C@H]1CN2. The first-order valence-corrected chi connectivity index (χ1v) is 5.15. The fourth-order valence-corrected chi connectivity index (χ4v) is 2.52. The normalized spacial score (nSPS) is 24.1. The molecule has 1 N–H and O–H groups in total. The van der Waals surface area contributed by atoms with Crippen molar-refractivity contribution >= 4 is 11.4 Å². The summed E-state index contributed by atoms with van der Waals surface area (Å²) in [7, 11) is 0. The molecule has 1 saturated heterocycles. The molecular weight excluding hydrogens is 179 g/mol. The minimum Gasteiger partial charge on any atom is -0.381 e. The van der Waals surface area contributed by atoms with Crippen molar-refractivity contribution in [3.05, 3.63) is 24.0 Å². The molecule has 0 aromatic heterocycles. The number of halogens is 1. The molecule has 0 spiro atoms. The molecule has 1 atom stereocenters. The molecule has 2 heterocycles. The number of hydrogen-bond acceptors (Lipinski definition) is 2. The summed E-state index contributed by atoms with van der Waals surface area (Å²) >= 11 is 0. The van der Waals surface area contributed by atoms with Gasteiger partial charge in [0.25, 0.3) is 0 Å². The summed E-state index contributed by atoms with van der Waals surface area (Å²) in [5.74, 6) is -0.0957. The molecule has 1 fully saturated rings. The molecule has 0 amide bonds. The van der Waals surface area contributed by atoms with Crippen LogP contribution in [0.25, 0.3) is 0 Å². The van der Waals surface area contributed by atoms with Crippen molar-refractivity contribution in [2.75, 3.05) is 23.3 Å². The van der Waals surface area contributed by atoms with Crippen LogP contribution in [-0.2, 0) is 0 Å². The number of nitrogens with one attached hydrogen (secondary N) is 1. The number of nitrogens with zero attached hydrogens (tertiary/aromatic N) is 1. The highest BCUT2D eigenvalue weighted by Crippen LogP contribution is 2.37. The molecule has 74 valence electrons. The zero-order chi connectivity index (χ0) is 9.54. The summed E-state index contributed by atoms with van der Waals surface area (Å²) in [6.07, 6.45) is 2.36. The van der Waals surface area contributed by atoms with E-state index in [0.717, 1.165) is 24.5 Å². The molecule has 3 rings (SSSR count). The third kappa shape index (κ3) is 1.01. The summed E-state index contributed by atoms with van der Waals surface area (Å²) in [5.41, 5.74) is 1.73. The van der Waals surface area contributed by atoms with Gasteiger partial charge in [0.15, 0.2) is 0 Å². The zero-order valence-corrected chi connectivity index (χ0v) is 7.96. The minimum absolute atomic E-state index is 0.0957. The van der Waals surface area contributed by atoms with Crippen LogP contribution in [0.15, 0.2) is 18.2 Å². The molecule has 0 saturated carbocycles. The van der Waals surface area contributed by atoms with Crippen LogP contribution in [-0.4, -0.2) is 19.1 Å². The summed E-state index contributed by atoms with van der Waals surface area (Å²) < 4.78 is 13.6. The highest BCUT2D eigenvalue weighted by Gasteiger charge is 2.31. The molecule has 14 heavy (non-hydrogen) atoms. The Morgan fingerprint density at radius 2 is 2.36 bits per heavy atom. The summed E-state index contributed by atoms with van der Waals surface area (Å²) in [5, 5.41) is 3.29. The van der Waals surface area contributed by atoms with Gasteiger partial charge in [-0.15, -0.1) is 0 Å². The van der Waals surface area contributed by atoms with E-state index in [0.29, 0.717) is 6.04 Å². The predicted molar refractivity (Wildman–Crippen MR) is 55.3 cm³/mol. The van der Waals surface area contributed by atoms with Crippen molar-refractivity contribution in [1.29, 1.82) is 0 Å². The fourth-order valence-electron chi connectivity index (χ4n) is 2.52. The predicted octanol–water partition coefficient (Wildman–Crippen LogP) is 2.22. The molecule has 2 nitrogen and oxygen atoms in total. The Balaban J connectivity index is 2.11. The van der Waals surface area contributed by atoms with Gasteiger partial charge < -0.3 is 10.2 Å². The van der Waals surface area contributed by atoms with Gasteiger partial charge in [0.2, 0.25) is 0 Å². The van der Waals surface area contributed by atoms with Crippen molar-refractivity contribution in [3.63, 3.8) is 0 Å². The molecule has 2 aliphatic heterocycles. The van der Waals surface area contributed by atoms with Crippen LogP contribution in [0.2, 0.25) is 0 Å². The highest BCUT2D eigenvalue weighted by atomic mass is 19.1.